The van der Waals surface area contributed by atoms with E-state index in [0.717, 1.165) is 31.5 Å². The van der Waals surface area contributed by atoms with E-state index in [1.54, 1.807) is 11.3 Å². The minimum absolute atomic E-state index is 0. The van der Waals surface area contributed by atoms with Crippen LogP contribution in [0, 0.1) is 0 Å². The molecule has 2 aliphatic rings. The van der Waals surface area contributed by atoms with Crippen LogP contribution in [0.1, 0.15) is 34.4 Å². The molecular weight excluding hydrogens is 471 g/mol. The van der Waals surface area contributed by atoms with Crippen LogP contribution in [0.4, 0.5) is 5.69 Å². The molecule has 5 nitrogen and oxygen atoms in total. The quantitative estimate of drug-likeness (QED) is 0.388. The topological polar surface area (TPSA) is 70.7 Å². The molecule has 27 heavy (non-hydrogen) atoms. The molecule has 1 aliphatic heterocycles. The van der Waals surface area contributed by atoms with E-state index < -0.39 is 0 Å². The number of carbonyl (C=O) groups excluding carboxylic acids is 1. The lowest BCUT2D eigenvalue weighted by Crippen LogP contribution is -2.37. The van der Waals surface area contributed by atoms with Gasteiger partial charge in [0.1, 0.15) is 6.54 Å². The standard InChI is InChI=1S/C20H24N4OS.HI/c21-20(23-17-7-3-5-14-4-1-2-6-16(14)17)22-12-19(25)24-10-8-18-15(13-24)9-11-26-18;/h3,5,7,9,11H,1-2,4,6,8,10,12-13H2,(H3,21,22,23);1H. The number of thiophene rings is 1. The number of benzene rings is 1. The van der Waals surface area contributed by atoms with Crippen LogP contribution < -0.4 is 11.1 Å². The summed E-state index contributed by atoms with van der Waals surface area (Å²) in [5, 5.41) is 5.29. The van der Waals surface area contributed by atoms with Crippen molar-refractivity contribution >= 4 is 52.9 Å². The van der Waals surface area contributed by atoms with Crippen molar-refractivity contribution in [3.8, 4) is 0 Å². The van der Waals surface area contributed by atoms with Crippen LogP contribution in [0.2, 0.25) is 0 Å². The van der Waals surface area contributed by atoms with Gasteiger partial charge in [-0.2, -0.15) is 0 Å². The van der Waals surface area contributed by atoms with Crippen molar-refractivity contribution in [2.75, 3.05) is 18.4 Å². The Morgan fingerprint density at radius 2 is 2.04 bits per heavy atom. The average Bonchev–Trinajstić information content (AvgIpc) is 3.14. The van der Waals surface area contributed by atoms with Crippen LogP contribution in [0.5, 0.6) is 0 Å². The summed E-state index contributed by atoms with van der Waals surface area (Å²) in [6, 6.07) is 8.39. The number of amides is 1. The highest BCUT2D eigenvalue weighted by Gasteiger charge is 2.21. The first-order chi connectivity index (χ1) is 12.7. The highest BCUT2D eigenvalue weighted by Crippen LogP contribution is 2.27. The van der Waals surface area contributed by atoms with E-state index in [1.807, 2.05) is 11.0 Å². The van der Waals surface area contributed by atoms with E-state index in [0.29, 0.717) is 12.5 Å². The molecule has 3 N–H and O–H groups in total. The van der Waals surface area contributed by atoms with Crippen LogP contribution in [-0.2, 0) is 30.6 Å². The van der Waals surface area contributed by atoms with Crippen molar-refractivity contribution in [1.29, 1.82) is 0 Å². The lowest BCUT2D eigenvalue weighted by atomic mass is 9.90. The van der Waals surface area contributed by atoms with Crippen molar-refractivity contribution in [2.45, 2.75) is 38.6 Å². The second kappa shape index (κ2) is 9.05. The number of nitrogens with one attached hydrogen (secondary N) is 1. The highest BCUT2D eigenvalue weighted by molar-refractivity contribution is 14.0. The molecular formula is C20H25IN4OS. The van der Waals surface area contributed by atoms with Crippen molar-refractivity contribution in [3.05, 3.63) is 51.2 Å². The van der Waals surface area contributed by atoms with E-state index in [1.165, 1.54) is 34.4 Å². The summed E-state index contributed by atoms with van der Waals surface area (Å²) < 4.78 is 0. The Morgan fingerprint density at radius 3 is 2.93 bits per heavy atom. The SMILES string of the molecule is I.NC(=NCC(=O)N1CCc2sccc2C1)Nc1cccc2c1CCCC2. The summed E-state index contributed by atoms with van der Waals surface area (Å²) in [5.41, 5.74) is 11.1. The molecule has 7 heteroatoms. The van der Waals surface area contributed by atoms with Crippen LogP contribution in [0.3, 0.4) is 0 Å². The third kappa shape index (κ3) is 4.63. The van der Waals surface area contributed by atoms with Gasteiger partial charge in [0.2, 0.25) is 5.91 Å². The first-order valence-electron chi connectivity index (χ1n) is 9.21. The van der Waals surface area contributed by atoms with Gasteiger partial charge in [-0.1, -0.05) is 12.1 Å². The van der Waals surface area contributed by atoms with Crippen molar-refractivity contribution in [3.63, 3.8) is 0 Å². The molecule has 0 saturated carbocycles. The highest BCUT2D eigenvalue weighted by atomic mass is 127. The maximum atomic E-state index is 12.5. The number of aryl methyl sites for hydroxylation is 1. The van der Waals surface area contributed by atoms with E-state index in [4.69, 9.17) is 5.73 Å². The molecule has 0 spiro atoms. The second-order valence-corrected chi connectivity index (χ2v) is 7.91. The average molecular weight is 496 g/mol. The van der Waals surface area contributed by atoms with Crippen LogP contribution >= 0.6 is 35.3 Å². The third-order valence-electron chi connectivity index (χ3n) is 5.20. The number of nitrogens with two attached hydrogens (primary N) is 1. The number of fused-ring (bicyclic) bond motifs is 2. The van der Waals surface area contributed by atoms with Crippen LogP contribution in [0.15, 0.2) is 34.6 Å². The predicted molar refractivity (Wildman–Crippen MR) is 122 cm³/mol. The summed E-state index contributed by atoms with van der Waals surface area (Å²) in [4.78, 5) is 20.0. The summed E-state index contributed by atoms with van der Waals surface area (Å²) >= 11 is 1.77. The summed E-state index contributed by atoms with van der Waals surface area (Å²) in [7, 11) is 0. The smallest absolute Gasteiger partial charge is 0.244 e. The molecule has 0 bridgehead atoms. The van der Waals surface area contributed by atoms with E-state index in [9.17, 15) is 4.79 Å². The predicted octanol–water partition coefficient (Wildman–Crippen LogP) is 3.56. The van der Waals surface area contributed by atoms with E-state index >= 15 is 0 Å². The maximum Gasteiger partial charge on any atom is 0.244 e. The fraction of sp³-hybridized carbons (Fsp3) is 0.400. The number of anilines is 1. The van der Waals surface area contributed by atoms with Gasteiger partial charge < -0.3 is 16.0 Å². The Hall–Kier alpha value is -1.61. The molecule has 0 radical (unpaired) electrons. The minimum Gasteiger partial charge on any atom is -0.370 e. The van der Waals surface area contributed by atoms with Gasteiger partial charge in [-0.05, 0) is 66.3 Å². The number of halogens is 1. The zero-order valence-electron chi connectivity index (χ0n) is 15.2. The van der Waals surface area contributed by atoms with E-state index in [2.05, 4.69) is 33.9 Å². The normalized spacial score (nSPS) is 16.1. The maximum absolute atomic E-state index is 12.5. The van der Waals surface area contributed by atoms with Gasteiger partial charge in [0.15, 0.2) is 5.96 Å². The van der Waals surface area contributed by atoms with Crippen LogP contribution in [-0.4, -0.2) is 29.9 Å². The number of hydrogen-bond acceptors (Lipinski definition) is 3. The summed E-state index contributed by atoms with van der Waals surface area (Å²) in [5.74, 6) is 0.340. The molecule has 2 aromatic rings. The Morgan fingerprint density at radius 1 is 1.19 bits per heavy atom. The third-order valence-corrected chi connectivity index (χ3v) is 6.23. The molecule has 1 aromatic carbocycles. The first-order valence-corrected chi connectivity index (χ1v) is 10.1. The minimum atomic E-state index is 0. The summed E-state index contributed by atoms with van der Waals surface area (Å²) in [6.07, 6.45) is 5.59. The molecule has 0 unspecified atom stereocenters. The van der Waals surface area contributed by atoms with Gasteiger partial charge in [0.05, 0.1) is 0 Å². The molecule has 1 aromatic heterocycles. The Balaban J connectivity index is 0.00000210. The van der Waals surface area contributed by atoms with Gasteiger partial charge in [0.25, 0.3) is 0 Å². The van der Waals surface area contributed by atoms with Gasteiger partial charge in [-0.3, -0.25) is 4.79 Å². The number of rotatable bonds is 3. The number of carbonyl (C=O) groups is 1. The van der Waals surface area contributed by atoms with Gasteiger partial charge in [0, 0.05) is 23.7 Å². The number of guanidine groups is 1. The van der Waals surface area contributed by atoms with Gasteiger partial charge in [-0.15, -0.1) is 35.3 Å². The molecule has 144 valence electrons. The second-order valence-electron chi connectivity index (χ2n) is 6.91. The first kappa shape index (κ1) is 20.1. The van der Waals surface area contributed by atoms with Gasteiger partial charge >= 0.3 is 0 Å². The van der Waals surface area contributed by atoms with Crippen LogP contribution in [0.25, 0.3) is 0 Å². The Bertz CT molecular complexity index is 848. The monoisotopic (exact) mass is 496 g/mol. The lowest BCUT2D eigenvalue weighted by Gasteiger charge is -2.26. The zero-order valence-corrected chi connectivity index (χ0v) is 18.4. The Labute approximate surface area is 181 Å². The Kier molecular flexibility index (Phi) is 6.75. The van der Waals surface area contributed by atoms with E-state index in [-0.39, 0.29) is 36.4 Å². The molecule has 1 aliphatic carbocycles. The van der Waals surface area contributed by atoms with Crippen molar-refractivity contribution < 1.29 is 4.79 Å². The number of nitrogens with zero attached hydrogens (tertiary/aromatic N) is 2. The van der Waals surface area contributed by atoms with Gasteiger partial charge in [-0.25, -0.2) is 4.99 Å². The molecule has 1 amide bonds. The summed E-state index contributed by atoms with van der Waals surface area (Å²) in [6.45, 7) is 1.54. The number of hydrogen-bond donors (Lipinski definition) is 2. The fourth-order valence-electron chi connectivity index (χ4n) is 3.79. The van der Waals surface area contributed by atoms with Crippen molar-refractivity contribution in [2.24, 2.45) is 10.7 Å². The lowest BCUT2D eigenvalue weighted by molar-refractivity contribution is -0.130. The fourth-order valence-corrected chi connectivity index (χ4v) is 4.68. The molecule has 0 atom stereocenters. The molecule has 2 heterocycles. The van der Waals surface area contributed by atoms with Crippen molar-refractivity contribution in [1.82, 2.24) is 4.90 Å². The zero-order chi connectivity index (χ0) is 17.9. The number of aliphatic imine (C=N–C) groups is 1. The molecule has 4 rings (SSSR count). The largest absolute Gasteiger partial charge is 0.370 e. The molecule has 0 saturated heterocycles. The molecule has 0 fully saturated rings.